The Morgan fingerprint density at radius 1 is 1.64 bits per heavy atom. The fraction of sp³-hybridized carbons (Fsp3) is 1.00. The largest absolute Gasteiger partial charge is 0.378 e. The van der Waals surface area contributed by atoms with Gasteiger partial charge in [-0.1, -0.05) is 0 Å². The summed E-state index contributed by atoms with van der Waals surface area (Å²) in [6.07, 6.45) is 2.33. The SMILES string of the molecule is CCOC1(CN)CCC1OC. The predicted molar refractivity (Wildman–Crippen MR) is 43.4 cm³/mol. The van der Waals surface area contributed by atoms with E-state index in [1.807, 2.05) is 6.92 Å². The van der Waals surface area contributed by atoms with E-state index < -0.39 is 0 Å². The van der Waals surface area contributed by atoms with E-state index in [4.69, 9.17) is 15.2 Å². The van der Waals surface area contributed by atoms with Crippen LogP contribution in [0.5, 0.6) is 0 Å². The summed E-state index contributed by atoms with van der Waals surface area (Å²) >= 11 is 0. The Balaban J connectivity index is 2.46. The van der Waals surface area contributed by atoms with Crippen LogP contribution in [-0.2, 0) is 9.47 Å². The standard InChI is InChI=1S/C8H17NO2/c1-3-11-8(6-9)5-4-7(8)10-2/h7H,3-6,9H2,1-2H3. The molecule has 11 heavy (non-hydrogen) atoms. The lowest BCUT2D eigenvalue weighted by molar-refractivity contribution is -0.185. The van der Waals surface area contributed by atoms with Crippen LogP contribution in [0.4, 0.5) is 0 Å². The summed E-state index contributed by atoms with van der Waals surface area (Å²) in [5.74, 6) is 0. The van der Waals surface area contributed by atoms with Crippen LogP contribution in [0.15, 0.2) is 0 Å². The molecule has 0 saturated heterocycles. The van der Waals surface area contributed by atoms with E-state index >= 15 is 0 Å². The first-order valence-electron chi connectivity index (χ1n) is 4.16. The van der Waals surface area contributed by atoms with Crippen LogP contribution in [-0.4, -0.2) is 32.0 Å². The molecule has 0 heterocycles. The lowest BCUT2D eigenvalue weighted by Crippen LogP contribution is -2.59. The zero-order chi connectivity index (χ0) is 8.32. The van der Waals surface area contributed by atoms with E-state index in [9.17, 15) is 0 Å². The van der Waals surface area contributed by atoms with Gasteiger partial charge < -0.3 is 15.2 Å². The van der Waals surface area contributed by atoms with Gasteiger partial charge in [0.15, 0.2) is 0 Å². The molecule has 1 saturated carbocycles. The van der Waals surface area contributed by atoms with Gasteiger partial charge in [-0.25, -0.2) is 0 Å². The van der Waals surface area contributed by atoms with E-state index in [1.54, 1.807) is 7.11 Å². The average molecular weight is 159 g/mol. The summed E-state index contributed by atoms with van der Waals surface area (Å²) in [6.45, 7) is 3.28. The molecule has 0 spiro atoms. The van der Waals surface area contributed by atoms with E-state index in [0.29, 0.717) is 6.54 Å². The highest BCUT2D eigenvalue weighted by Crippen LogP contribution is 2.36. The smallest absolute Gasteiger partial charge is 0.106 e. The maximum absolute atomic E-state index is 5.62. The minimum Gasteiger partial charge on any atom is -0.378 e. The summed E-state index contributed by atoms with van der Waals surface area (Å²) in [4.78, 5) is 0. The summed E-state index contributed by atoms with van der Waals surface area (Å²) in [5, 5.41) is 0. The molecule has 1 rings (SSSR count). The fourth-order valence-electron chi connectivity index (χ4n) is 1.66. The molecule has 0 amide bonds. The average Bonchev–Trinajstić information content (AvgIpc) is 1.99. The number of rotatable bonds is 4. The molecule has 2 N–H and O–H groups in total. The first kappa shape index (κ1) is 8.97. The number of nitrogens with two attached hydrogens (primary N) is 1. The van der Waals surface area contributed by atoms with Gasteiger partial charge in [0.2, 0.25) is 0 Å². The fourth-order valence-corrected chi connectivity index (χ4v) is 1.66. The van der Waals surface area contributed by atoms with Crippen molar-refractivity contribution in [1.82, 2.24) is 0 Å². The lowest BCUT2D eigenvalue weighted by atomic mass is 9.76. The van der Waals surface area contributed by atoms with Crippen LogP contribution in [0, 0.1) is 0 Å². The van der Waals surface area contributed by atoms with Gasteiger partial charge in [0.05, 0.1) is 6.10 Å². The topological polar surface area (TPSA) is 44.5 Å². The van der Waals surface area contributed by atoms with Gasteiger partial charge in [0.1, 0.15) is 5.60 Å². The van der Waals surface area contributed by atoms with Crippen LogP contribution in [0.3, 0.4) is 0 Å². The predicted octanol–water partition coefficient (Wildman–Crippen LogP) is 0.529. The van der Waals surface area contributed by atoms with Gasteiger partial charge in [-0.05, 0) is 19.8 Å². The molecule has 0 bridgehead atoms. The normalized spacial score (nSPS) is 36.8. The Kier molecular flexibility index (Phi) is 2.87. The Labute approximate surface area is 67.9 Å². The molecule has 3 nitrogen and oxygen atoms in total. The molecule has 2 unspecified atom stereocenters. The summed E-state index contributed by atoms with van der Waals surface area (Å²) < 4.78 is 10.8. The Bertz CT molecular complexity index is 123. The van der Waals surface area contributed by atoms with Crippen molar-refractivity contribution in [3.8, 4) is 0 Å². The molecule has 1 aliphatic rings. The molecular formula is C8H17NO2. The number of hydrogen-bond acceptors (Lipinski definition) is 3. The second kappa shape index (κ2) is 3.52. The first-order chi connectivity index (χ1) is 5.29. The van der Waals surface area contributed by atoms with E-state index in [0.717, 1.165) is 19.4 Å². The zero-order valence-electron chi connectivity index (χ0n) is 7.30. The summed E-state index contributed by atoms with van der Waals surface area (Å²) in [7, 11) is 1.72. The minimum atomic E-state index is -0.163. The Hall–Kier alpha value is -0.120. The molecule has 0 aromatic rings. The van der Waals surface area contributed by atoms with Crippen molar-refractivity contribution >= 4 is 0 Å². The minimum absolute atomic E-state index is 0.163. The molecule has 3 heteroatoms. The van der Waals surface area contributed by atoms with Crippen molar-refractivity contribution in [3.63, 3.8) is 0 Å². The lowest BCUT2D eigenvalue weighted by Gasteiger charge is -2.47. The molecular weight excluding hydrogens is 142 g/mol. The van der Waals surface area contributed by atoms with E-state index in [1.165, 1.54) is 0 Å². The van der Waals surface area contributed by atoms with Crippen molar-refractivity contribution in [3.05, 3.63) is 0 Å². The van der Waals surface area contributed by atoms with Gasteiger partial charge in [-0.2, -0.15) is 0 Å². The van der Waals surface area contributed by atoms with Crippen molar-refractivity contribution in [2.75, 3.05) is 20.3 Å². The van der Waals surface area contributed by atoms with Crippen molar-refractivity contribution in [2.45, 2.75) is 31.5 Å². The maximum Gasteiger partial charge on any atom is 0.106 e. The quantitative estimate of drug-likeness (QED) is 0.650. The summed E-state index contributed by atoms with van der Waals surface area (Å²) in [5.41, 5.74) is 5.45. The van der Waals surface area contributed by atoms with Gasteiger partial charge in [-0.15, -0.1) is 0 Å². The highest BCUT2D eigenvalue weighted by molar-refractivity contribution is 5.00. The summed E-state index contributed by atoms with van der Waals surface area (Å²) in [6, 6.07) is 0. The second-order valence-electron chi connectivity index (χ2n) is 2.96. The van der Waals surface area contributed by atoms with Crippen molar-refractivity contribution < 1.29 is 9.47 Å². The molecule has 2 atom stereocenters. The first-order valence-corrected chi connectivity index (χ1v) is 4.16. The molecule has 0 radical (unpaired) electrons. The highest BCUT2D eigenvalue weighted by Gasteiger charge is 2.47. The molecule has 0 aliphatic heterocycles. The molecule has 0 aromatic heterocycles. The Morgan fingerprint density at radius 2 is 2.36 bits per heavy atom. The van der Waals surface area contributed by atoms with Crippen LogP contribution < -0.4 is 5.73 Å². The maximum atomic E-state index is 5.62. The van der Waals surface area contributed by atoms with Gasteiger partial charge in [-0.3, -0.25) is 0 Å². The van der Waals surface area contributed by atoms with E-state index in [2.05, 4.69) is 0 Å². The van der Waals surface area contributed by atoms with Gasteiger partial charge in [0.25, 0.3) is 0 Å². The second-order valence-corrected chi connectivity index (χ2v) is 2.96. The zero-order valence-corrected chi connectivity index (χ0v) is 7.30. The third-order valence-corrected chi connectivity index (χ3v) is 2.48. The van der Waals surface area contributed by atoms with Crippen LogP contribution in [0.1, 0.15) is 19.8 Å². The number of methoxy groups -OCH3 is 1. The van der Waals surface area contributed by atoms with Crippen LogP contribution in [0.25, 0.3) is 0 Å². The highest BCUT2D eigenvalue weighted by atomic mass is 16.5. The third-order valence-electron chi connectivity index (χ3n) is 2.48. The molecule has 0 aromatic carbocycles. The third kappa shape index (κ3) is 1.41. The van der Waals surface area contributed by atoms with Crippen molar-refractivity contribution in [2.24, 2.45) is 5.73 Å². The van der Waals surface area contributed by atoms with Crippen molar-refractivity contribution in [1.29, 1.82) is 0 Å². The molecule has 1 aliphatic carbocycles. The Morgan fingerprint density at radius 3 is 2.64 bits per heavy atom. The molecule has 66 valence electrons. The monoisotopic (exact) mass is 159 g/mol. The van der Waals surface area contributed by atoms with E-state index in [-0.39, 0.29) is 11.7 Å². The van der Waals surface area contributed by atoms with Crippen LogP contribution in [0.2, 0.25) is 0 Å². The number of hydrogen-bond donors (Lipinski definition) is 1. The van der Waals surface area contributed by atoms with Gasteiger partial charge in [0, 0.05) is 20.3 Å². The number of ether oxygens (including phenoxy) is 2. The van der Waals surface area contributed by atoms with Gasteiger partial charge >= 0.3 is 0 Å². The van der Waals surface area contributed by atoms with Crippen LogP contribution >= 0.6 is 0 Å². The molecule has 1 fully saturated rings.